The zero-order valence-corrected chi connectivity index (χ0v) is 12.9. The van der Waals surface area contributed by atoms with Gasteiger partial charge < -0.3 is 9.84 Å². The van der Waals surface area contributed by atoms with E-state index in [9.17, 15) is 23.5 Å². The van der Waals surface area contributed by atoms with Crippen LogP contribution in [0.3, 0.4) is 0 Å². The average Bonchev–Trinajstić information content (AvgIpc) is 2.53. The molecular weight excluding hydrogens is 322 g/mol. The molecule has 0 saturated heterocycles. The molecule has 0 bridgehead atoms. The van der Waals surface area contributed by atoms with Crippen molar-refractivity contribution in [1.82, 2.24) is 9.78 Å². The SMILES string of the molecule is CCCCC(C(=O)O)n1ncc(Oc2c(F)cccc2F)cc1=O. The molecule has 2 rings (SSSR count). The maximum absolute atomic E-state index is 13.5. The molecule has 0 aliphatic rings. The lowest BCUT2D eigenvalue weighted by Gasteiger charge is -2.14. The minimum absolute atomic E-state index is 0.181. The molecule has 6 nitrogen and oxygen atoms in total. The van der Waals surface area contributed by atoms with Crippen molar-refractivity contribution in [3.8, 4) is 11.5 Å². The van der Waals surface area contributed by atoms with E-state index in [0.29, 0.717) is 6.42 Å². The van der Waals surface area contributed by atoms with E-state index in [0.717, 1.165) is 35.5 Å². The number of carboxylic acids is 1. The Hall–Kier alpha value is -2.77. The first kappa shape index (κ1) is 17.6. The van der Waals surface area contributed by atoms with Crippen LogP contribution in [-0.4, -0.2) is 20.9 Å². The van der Waals surface area contributed by atoms with Gasteiger partial charge in [0.25, 0.3) is 5.56 Å². The Morgan fingerprint density at radius 1 is 1.38 bits per heavy atom. The van der Waals surface area contributed by atoms with Crippen LogP contribution in [-0.2, 0) is 4.79 Å². The van der Waals surface area contributed by atoms with Gasteiger partial charge in [-0.05, 0) is 18.6 Å². The van der Waals surface area contributed by atoms with Gasteiger partial charge in [0.1, 0.15) is 0 Å². The molecule has 0 saturated carbocycles. The summed E-state index contributed by atoms with van der Waals surface area (Å²) in [6, 6.07) is 3.05. The first-order valence-corrected chi connectivity index (χ1v) is 7.37. The highest BCUT2D eigenvalue weighted by Gasteiger charge is 2.22. The van der Waals surface area contributed by atoms with Gasteiger partial charge >= 0.3 is 5.97 Å². The second kappa shape index (κ2) is 7.67. The quantitative estimate of drug-likeness (QED) is 0.839. The van der Waals surface area contributed by atoms with Gasteiger partial charge in [0, 0.05) is 6.07 Å². The summed E-state index contributed by atoms with van der Waals surface area (Å²) in [5.41, 5.74) is -0.729. The van der Waals surface area contributed by atoms with Gasteiger partial charge in [0.2, 0.25) is 0 Å². The number of halogens is 2. The number of benzene rings is 1. The van der Waals surface area contributed by atoms with Gasteiger partial charge in [0.15, 0.2) is 29.2 Å². The number of carboxylic acid groups (broad SMARTS) is 1. The third-order valence-corrected chi connectivity index (χ3v) is 3.35. The van der Waals surface area contributed by atoms with Crippen molar-refractivity contribution in [3.05, 3.63) is 52.5 Å². The number of ether oxygens (including phenoxy) is 1. The largest absolute Gasteiger partial charge is 0.480 e. The van der Waals surface area contributed by atoms with E-state index in [4.69, 9.17) is 4.74 Å². The highest BCUT2D eigenvalue weighted by molar-refractivity contribution is 5.71. The molecule has 0 amide bonds. The predicted octanol–water partition coefficient (Wildman–Crippen LogP) is 3.13. The van der Waals surface area contributed by atoms with E-state index < -0.39 is 35.0 Å². The number of aliphatic carboxylic acids is 1. The lowest BCUT2D eigenvalue weighted by molar-refractivity contribution is -0.141. The molecule has 0 aliphatic carbocycles. The van der Waals surface area contributed by atoms with Crippen LogP contribution in [0.5, 0.6) is 11.5 Å². The summed E-state index contributed by atoms with van der Waals surface area (Å²) >= 11 is 0. The number of carbonyl (C=O) groups is 1. The molecule has 8 heteroatoms. The highest BCUT2D eigenvalue weighted by Crippen LogP contribution is 2.26. The molecule has 0 radical (unpaired) electrons. The minimum Gasteiger partial charge on any atom is -0.480 e. The molecule has 1 atom stereocenters. The third-order valence-electron chi connectivity index (χ3n) is 3.35. The molecule has 1 heterocycles. The smallest absolute Gasteiger partial charge is 0.328 e. The van der Waals surface area contributed by atoms with Gasteiger partial charge in [-0.2, -0.15) is 5.10 Å². The molecule has 24 heavy (non-hydrogen) atoms. The Morgan fingerprint density at radius 3 is 2.58 bits per heavy atom. The Kier molecular flexibility index (Phi) is 5.62. The van der Waals surface area contributed by atoms with Gasteiger partial charge in [-0.3, -0.25) is 4.79 Å². The van der Waals surface area contributed by atoms with E-state index in [2.05, 4.69) is 5.10 Å². The van der Waals surface area contributed by atoms with Crippen LogP contribution < -0.4 is 10.3 Å². The van der Waals surface area contributed by atoms with Crippen molar-refractivity contribution in [3.63, 3.8) is 0 Å². The molecule has 0 spiro atoms. The van der Waals surface area contributed by atoms with E-state index in [1.54, 1.807) is 0 Å². The van der Waals surface area contributed by atoms with Crippen molar-refractivity contribution in [2.45, 2.75) is 32.2 Å². The van der Waals surface area contributed by atoms with Crippen LogP contribution in [0, 0.1) is 11.6 Å². The fourth-order valence-electron chi connectivity index (χ4n) is 2.14. The predicted molar refractivity (Wildman–Crippen MR) is 81.1 cm³/mol. The number of nitrogens with zero attached hydrogens (tertiary/aromatic N) is 2. The van der Waals surface area contributed by atoms with Crippen molar-refractivity contribution < 1.29 is 23.4 Å². The number of hydrogen-bond donors (Lipinski definition) is 1. The zero-order valence-electron chi connectivity index (χ0n) is 12.9. The number of hydrogen-bond acceptors (Lipinski definition) is 4. The molecule has 1 aromatic carbocycles. The van der Waals surface area contributed by atoms with E-state index in [-0.39, 0.29) is 12.2 Å². The molecule has 2 aromatic rings. The molecule has 1 N–H and O–H groups in total. The maximum Gasteiger partial charge on any atom is 0.328 e. The van der Waals surface area contributed by atoms with Crippen LogP contribution in [0.1, 0.15) is 32.2 Å². The minimum atomic E-state index is -1.17. The summed E-state index contributed by atoms with van der Waals surface area (Å²) in [5.74, 6) is -3.86. The first-order valence-electron chi connectivity index (χ1n) is 7.37. The molecule has 1 aromatic heterocycles. The van der Waals surface area contributed by atoms with Crippen molar-refractivity contribution in [2.24, 2.45) is 0 Å². The Balaban J connectivity index is 2.29. The third kappa shape index (κ3) is 3.95. The summed E-state index contributed by atoms with van der Waals surface area (Å²) in [4.78, 5) is 23.4. The van der Waals surface area contributed by atoms with Crippen LogP contribution in [0.25, 0.3) is 0 Å². The molecular formula is C16H16F2N2O4. The zero-order chi connectivity index (χ0) is 17.7. The van der Waals surface area contributed by atoms with Crippen LogP contribution in [0.2, 0.25) is 0 Å². The first-order chi connectivity index (χ1) is 11.4. The number of unbranched alkanes of at least 4 members (excludes halogenated alkanes) is 1. The van der Waals surface area contributed by atoms with Gasteiger partial charge in [-0.15, -0.1) is 0 Å². The standard InChI is InChI=1S/C16H16F2N2O4/c1-2-3-7-13(16(22)23)20-14(21)8-10(9-19-20)24-15-11(17)5-4-6-12(15)18/h4-6,8-9,13H,2-3,7H2,1H3,(H,22,23). The lowest BCUT2D eigenvalue weighted by Crippen LogP contribution is -2.31. The van der Waals surface area contributed by atoms with Crippen LogP contribution in [0.4, 0.5) is 8.78 Å². The number of rotatable bonds is 7. The normalized spacial score (nSPS) is 12.0. The van der Waals surface area contributed by atoms with Gasteiger partial charge in [-0.1, -0.05) is 25.8 Å². The molecule has 0 aliphatic heterocycles. The summed E-state index contributed by atoms with van der Waals surface area (Å²) in [6.45, 7) is 1.90. The lowest BCUT2D eigenvalue weighted by atomic mass is 10.1. The van der Waals surface area contributed by atoms with E-state index in [1.165, 1.54) is 6.07 Å². The summed E-state index contributed by atoms with van der Waals surface area (Å²) in [6.07, 6.45) is 2.69. The summed E-state index contributed by atoms with van der Waals surface area (Å²) in [7, 11) is 0. The van der Waals surface area contributed by atoms with E-state index >= 15 is 0 Å². The fraction of sp³-hybridized carbons (Fsp3) is 0.312. The van der Waals surface area contributed by atoms with Crippen molar-refractivity contribution in [2.75, 3.05) is 0 Å². The van der Waals surface area contributed by atoms with Crippen LogP contribution in [0.15, 0.2) is 35.3 Å². The Bertz CT molecular complexity index is 772. The summed E-state index contributed by atoms with van der Waals surface area (Å²) < 4.78 is 32.9. The van der Waals surface area contributed by atoms with Crippen LogP contribution >= 0.6 is 0 Å². The monoisotopic (exact) mass is 338 g/mol. The van der Waals surface area contributed by atoms with Crippen molar-refractivity contribution in [1.29, 1.82) is 0 Å². The number of para-hydroxylation sites is 1. The number of aromatic nitrogens is 2. The topological polar surface area (TPSA) is 81.4 Å². The Labute approximate surface area is 136 Å². The van der Waals surface area contributed by atoms with Gasteiger partial charge in [-0.25, -0.2) is 18.3 Å². The Morgan fingerprint density at radius 2 is 2.04 bits per heavy atom. The highest BCUT2D eigenvalue weighted by atomic mass is 19.1. The molecule has 0 fully saturated rings. The second-order valence-corrected chi connectivity index (χ2v) is 5.12. The van der Waals surface area contributed by atoms with Crippen molar-refractivity contribution >= 4 is 5.97 Å². The maximum atomic E-state index is 13.5. The van der Waals surface area contributed by atoms with Gasteiger partial charge in [0.05, 0.1) is 6.20 Å². The van der Waals surface area contributed by atoms with E-state index in [1.807, 2.05) is 6.92 Å². The summed E-state index contributed by atoms with van der Waals surface area (Å²) in [5, 5.41) is 13.0. The molecule has 128 valence electrons. The average molecular weight is 338 g/mol. The molecule has 1 unspecified atom stereocenters. The fourth-order valence-corrected chi connectivity index (χ4v) is 2.14. The second-order valence-electron chi connectivity index (χ2n) is 5.12.